The number of carboxylic acids is 1. The first-order valence-corrected chi connectivity index (χ1v) is 4.63. The molecule has 0 fully saturated rings. The molecule has 0 spiro atoms. The number of hydrogen-bond acceptors (Lipinski definition) is 3. The zero-order chi connectivity index (χ0) is 11.5. The van der Waals surface area contributed by atoms with Gasteiger partial charge in [0.1, 0.15) is 5.75 Å². The van der Waals surface area contributed by atoms with Gasteiger partial charge < -0.3 is 14.8 Å². The number of ether oxygens (including phenoxy) is 1. The monoisotopic (exact) mass is 218 g/mol. The summed E-state index contributed by atoms with van der Waals surface area (Å²) in [6.45, 7) is 0. The molecule has 0 aliphatic rings. The van der Waals surface area contributed by atoms with Crippen molar-refractivity contribution in [3.63, 3.8) is 0 Å². The number of carbonyl (C=O) groups is 1. The molecule has 2 rings (SSSR count). The summed E-state index contributed by atoms with van der Waals surface area (Å²) >= 11 is 0. The second-order valence-electron chi connectivity index (χ2n) is 3.15. The third kappa shape index (κ3) is 1.75. The molecule has 1 aromatic carbocycles. The number of nitrogens with one attached hydrogen (secondary N) is 1. The highest BCUT2D eigenvalue weighted by Crippen LogP contribution is 2.26. The summed E-state index contributed by atoms with van der Waals surface area (Å²) in [5.74, 6) is -0.410. The zero-order valence-electron chi connectivity index (χ0n) is 8.60. The van der Waals surface area contributed by atoms with Crippen molar-refractivity contribution in [2.45, 2.75) is 0 Å². The molecule has 0 saturated heterocycles. The molecule has 0 amide bonds. The lowest BCUT2D eigenvalue weighted by molar-refractivity contribution is -0.131. The number of hydrogen-bond donors (Lipinski definition) is 2. The van der Waals surface area contributed by atoms with Crippen molar-refractivity contribution in [1.82, 2.24) is 9.97 Å². The van der Waals surface area contributed by atoms with E-state index in [0.717, 1.165) is 11.6 Å². The maximum Gasteiger partial charge on any atom is 0.328 e. The van der Waals surface area contributed by atoms with Crippen LogP contribution < -0.4 is 4.74 Å². The molecule has 0 aliphatic carbocycles. The second kappa shape index (κ2) is 4.06. The summed E-state index contributed by atoms with van der Waals surface area (Å²) in [7, 11) is 1.53. The highest BCUT2D eigenvalue weighted by atomic mass is 16.5. The number of aromatic amines is 1. The van der Waals surface area contributed by atoms with Gasteiger partial charge in [0.15, 0.2) is 0 Å². The van der Waals surface area contributed by atoms with Gasteiger partial charge in [0, 0.05) is 11.6 Å². The highest BCUT2D eigenvalue weighted by Gasteiger charge is 2.07. The predicted octanol–water partition coefficient (Wildman–Crippen LogP) is 1.67. The van der Waals surface area contributed by atoms with E-state index in [4.69, 9.17) is 9.84 Å². The van der Waals surface area contributed by atoms with E-state index in [-0.39, 0.29) is 0 Å². The highest BCUT2D eigenvalue weighted by molar-refractivity contribution is 5.93. The Morgan fingerprint density at radius 2 is 2.38 bits per heavy atom. The second-order valence-corrected chi connectivity index (χ2v) is 3.15. The molecule has 2 N–H and O–H groups in total. The Hall–Kier alpha value is -2.30. The van der Waals surface area contributed by atoms with Crippen LogP contribution in [0.5, 0.6) is 5.75 Å². The lowest BCUT2D eigenvalue weighted by Gasteiger charge is -2.04. The average molecular weight is 218 g/mol. The quantitative estimate of drug-likeness (QED) is 0.768. The molecule has 1 heterocycles. The molecule has 5 nitrogen and oxygen atoms in total. The SMILES string of the molecule is COc1ccc2[nH]cnc2c1/C=C/C(=O)O. The van der Waals surface area contributed by atoms with E-state index in [1.807, 2.05) is 6.07 Å². The number of fused-ring (bicyclic) bond motifs is 1. The Morgan fingerprint density at radius 3 is 3.06 bits per heavy atom. The number of rotatable bonds is 3. The number of aliphatic carboxylic acids is 1. The van der Waals surface area contributed by atoms with Gasteiger partial charge in [-0.25, -0.2) is 9.78 Å². The van der Waals surface area contributed by atoms with Crippen LogP contribution in [0.1, 0.15) is 5.56 Å². The molecular formula is C11H10N2O3. The van der Waals surface area contributed by atoms with Gasteiger partial charge in [-0.3, -0.25) is 0 Å². The van der Waals surface area contributed by atoms with Crippen molar-refractivity contribution in [3.05, 3.63) is 30.1 Å². The maximum absolute atomic E-state index is 10.5. The lowest BCUT2D eigenvalue weighted by atomic mass is 10.1. The Balaban J connectivity index is 2.61. The summed E-state index contributed by atoms with van der Waals surface area (Å²) in [4.78, 5) is 17.6. The van der Waals surface area contributed by atoms with E-state index >= 15 is 0 Å². The summed E-state index contributed by atoms with van der Waals surface area (Å²) < 4.78 is 5.16. The summed E-state index contributed by atoms with van der Waals surface area (Å²) in [6, 6.07) is 3.60. The third-order valence-corrected chi connectivity index (χ3v) is 2.20. The Labute approximate surface area is 91.4 Å². The Bertz CT molecular complexity index is 557. The fourth-order valence-corrected chi connectivity index (χ4v) is 1.51. The number of nitrogens with zero attached hydrogens (tertiary/aromatic N) is 1. The minimum atomic E-state index is -1.01. The van der Waals surface area contributed by atoms with Crippen LogP contribution in [0.3, 0.4) is 0 Å². The van der Waals surface area contributed by atoms with Gasteiger partial charge in [-0.1, -0.05) is 0 Å². The largest absolute Gasteiger partial charge is 0.496 e. The number of H-pyrrole nitrogens is 1. The van der Waals surface area contributed by atoms with Crippen LogP contribution in [0, 0.1) is 0 Å². The van der Waals surface area contributed by atoms with Crippen molar-refractivity contribution in [2.75, 3.05) is 7.11 Å². The van der Waals surface area contributed by atoms with Crippen molar-refractivity contribution >= 4 is 23.1 Å². The smallest absolute Gasteiger partial charge is 0.328 e. The minimum Gasteiger partial charge on any atom is -0.496 e. The predicted molar refractivity (Wildman–Crippen MR) is 59.3 cm³/mol. The van der Waals surface area contributed by atoms with Gasteiger partial charge in [0.2, 0.25) is 0 Å². The summed E-state index contributed by atoms with van der Waals surface area (Å²) in [6.07, 6.45) is 4.10. The molecule has 5 heteroatoms. The molecule has 0 unspecified atom stereocenters. The normalized spacial score (nSPS) is 11.1. The van der Waals surface area contributed by atoms with Gasteiger partial charge in [-0.05, 0) is 18.2 Å². The molecule has 0 bridgehead atoms. The van der Waals surface area contributed by atoms with E-state index in [1.54, 1.807) is 12.4 Å². The Morgan fingerprint density at radius 1 is 1.56 bits per heavy atom. The van der Waals surface area contributed by atoms with Crippen LogP contribution in [0.2, 0.25) is 0 Å². The summed E-state index contributed by atoms with van der Waals surface area (Å²) in [5.41, 5.74) is 2.19. The first kappa shape index (κ1) is 10.2. The van der Waals surface area contributed by atoms with Crippen molar-refractivity contribution in [1.29, 1.82) is 0 Å². The van der Waals surface area contributed by atoms with Gasteiger partial charge in [-0.15, -0.1) is 0 Å². The number of aromatic nitrogens is 2. The number of imidazole rings is 1. The zero-order valence-corrected chi connectivity index (χ0v) is 8.60. The molecule has 0 radical (unpaired) electrons. The Kier molecular flexibility index (Phi) is 2.59. The molecule has 82 valence electrons. The van der Waals surface area contributed by atoms with E-state index in [9.17, 15) is 4.79 Å². The molecule has 16 heavy (non-hydrogen) atoms. The van der Waals surface area contributed by atoms with Crippen LogP contribution in [-0.4, -0.2) is 28.2 Å². The summed E-state index contributed by atoms with van der Waals surface area (Å²) in [5, 5.41) is 8.61. The standard InChI is InChI=1S/C11H10N2O3/c1-16-9-4-3-8-11(13-6-12-8)7(9)2-5-10(14)15/h2-6H,1H3,(H,12,13)(H,14,15)/b5-2+. The fourth-order valence-electron chi connectivity index (χ4n) is 1.51. The van der Waals surface area contributed by atoms with E-state index in [1.165, 1.54) is 13.2 Å². The lowest BCUT2D eigenvalue weighted by Crippen LogP contribution is -1.90. The number of methoxy groups -OCH3 is 1. The number of carboxylic acid groups (broad SMARTS) is 1. The van der Waals surface area contributed by atoms with Crippen LogP contribution in [0.25, 0.3) is 17.1 Å². The molecule has 0 aliphatic heterocycles. The first-order chi connectivity index (χ1) is 7.72. The van der Waals surface area contributed by atoms with Crippen LogP contribution in [0.15, 0.2) is 24.5 Å². The maximum atomic E-state index is 10.5. The van der Waals surface area contributed by atoms with Crippen molar-refractivity contribution in [2.24, 2.45) is 0 Å². The molecule has 1 aromatic heterocycles. The van der Waals surface area contributed by atoms with Gasteiger partial charge >= 0.3 is 5.97 Å². The van der Waals surface area contributed by atoms with Crippen LogP contribution >= 0.6 is 0 Å². The molecule has 2 aromatic rings. The molecule has 0 atom stereocenters. The topological polar surface area (TPSA) is 75.2 Å². The number of benzene rings is 1. The van der Waals surface area contributed by atoms with E-state index in [2.05, 4.69) is 9.97 Å². The first-order valence-electron chi connectivity index (χ1n) is 4.63. The molecule has 0 saturated carbocycles. The minimum absolute atomic E-state index is 0.595. The van der Waals surface area contributed by atoms with Gasteiger partial charge in [0.25, 0.3) is 0 Å². The fraction of sp³-hybridized carbons (Fsp3) is 0.0909. The van der Waals surface area contributed by atoms with Crippen molar-refractivity contribution in [3.8, 4) is 5.75 Å². The average Bonchev–Trinajstić information content (AvgIpc) is 2.73. The van der Waals surface area contributed by atoms with E-state index < -0.39 is 5.97 Å². The van der Waals surface area contributed by atoms with Crippen LogP contribution in [0.4, 0.5) is 0 Å². The van der Waals surface area contributed by atoms with Gasteiger partial charge in [0.05, 0.1) is 24.5 Å². The van der Waals surface area contributed by atoms with E-state index in [0.29, 0.717) is 16.8 Å². The third-order valence-electron chi connectivity index (χ3n) is 2.20. The van der Waals surface area contributed by atoms with Crippen LogP contribution in [-0.2, 0) is 4.79 Å². The van der Waals surface area contributed by atoms with Gasteiger partial charge in [-0.2, -0.15) is 0 Å². The van der Waals surface area contributed by atoms with Crippen molar-refractivity contribution < 1.29 is 14.6 Å². The molecular weight excluding hydrogens is 208 g/mol.